The lowest BCUT2D eigenvalue weighted by Gasteiger charge is -2.20. The van der Waals surface area contributed by atoms with Crippen LogP contribution in [0.2, 0.25) is 0 Å². The Kier molecular flexibility index (Phi) is 3.56. The third-order valence-electron chi connectivity index (χ3n) is 3.95. The van der Waals surface area contributed by atoms with Crippen LogP contribution in [0.15, 0.2) is 24.4 Å². The standard InChI is InChI=1S/C17H20N4O/c1-5-11-8-12-15(18-9-11)21(4)16-14(20-17(12)22)7-6-13(19-16)10(2)3/h6-10H,5H2,1-4H3,(H,20,22). The van der Waals surface area contributed by atoms with Gasteiger partial charge >= 0.3 is 0 Å². The molecule has 5 heteroatoms. The summed E-state index contributed by atoms with van der Waals surface area (Å²) in [7, 11) is 1.90. The predicted octanol–water partition coefficient (Wildman–Crippen LogP) is 3.50. The van der Waals surface area contributed by atoms with Crippen LogP contribution in [0, 0.1) is 0 Å². The Morgan fingerprint density at radius 1 is 1.27 bits per heavy atom. The highest BCUT2D eigenvalue weighted by atomic mass is 16.1. The highest BCUT2D eigenvalue weighted by molar-refractivity contribution is 6.11. The van der Waals surface area contributed by atoms with Crippen molar-refractivity contribution in [2.45, 2.75) is 33.1 Å². The number of amides is 1. The number of nitrogens with one attached hydrogen (secondary N) is 1. The van der Waals surface area contributed by atoms with Gasteiger partial charge in [-0.25, -0.2) is 9.97 Å². The molecule has 22 heavy (non-hydrogen) atoms. The van der Waals surface area contributed by atoms with Crippen LogP contribution in [0.3, 0.4) is 0 Å². The van der Waals surface area contributed by atoms with Crippen molar-refractivity contribution < 1.29 is 4.79 Å². The molecule has 0 radical (unpaired) electrons. The zero-order chi connectivity index (χ0) is 15.9. The van der Waals surface area contributed by atoms with E-state index in [0.717, 1.165) is 23.5 Å². The number of fused-ring (bicyclic) bond motifs is 2. The van der Waals surface area contributed by atoms with Crippen LogP contribution in [0.5, 0.6) is 0 Å². The molecule has 0 atom stereocenters. The first kappa shape index (κ1) is 14.5. The van der Waals surface area contributed by atoms with E-state index in [1.54, 1.807) is 0 Å². The lowest BCUT2D eigenvalue weighted by Crippen LogP contribution is -2.15. The van der Waals surface area contributed by atoms with Gasteiger partial charge in [0.2, 0.25) is 0 Å². The number of nitrogens with zero attached hydrogens (tertiary/aromatic N) is 3. The first-order valence-electron chi connectivity index (χ1n) is 7.56. The Morgan fingerprint density at radius 2 is 2.05 bits per heavy atom. The van der Waals surface area contributed by atoms with E-state index in [0.29, 0.717) is 23.0 Å². The second kappa shape index (κ2) is 5.40. The fraction of sp³-hybridized carbons (Fsp3) is 0.353. The minimum absolute atomic E-state index is 0.137. The van der Waals surface area contributed by atoms with Gasteiger partial charge in [-0.3, -0.25) is 4.79 Å². The molecule has 3 rings (SSSR count). The van der Waals surface area contributed by atoms with E-state index in [2.05, 4.69) is 24.1 Å². The number of hydrogen-bond acceptors (Lipinski definition) is 4. The molecular formula is C17H20N4O. The summed E-state index contributed by atoms with van der Waals surface area (Å²) < 4.78 is 0. The van der Waals surface area contributed by atoms with Gasteiger partial charge in [0.05, 0.1) is 11.3 Å². The highest BCUT2D eigenvalue weighted by Gasteiger charge is 2.26. The van der Waals surface area contributed by atoms with E-state index in [-0.39, 0.29) is 5.91 Å². The highest BCUT2D eigenvalue weighted by Crippen LogP contribution is 2.35. The van der Waals surface area contributed by atoms with Crippen molar-refractivity contribution in [1.82, 2.24) is 9.97 Å². The van der Waals surface area contributed by atoms with Gasteiger partial charge in [0, 0.05) is 18.9 Å². The van der Waals surface area contributed by atoms with Crippen molar-refractivity contribution >= 4 is 23.2 Å². The first-order chi connectivity index (χ1) is 10.5. The molecular weight excluding hydrogens is 276 g/mol. The zero-order valence-electron chi connectivity index (χ0n) is 13.3. The molecule has 0 saturated carbocycles. The number of aryl methyl sites for hydroxylation is 1. The predicted molar refractivity (Wildman–Crippen MR) is 88.0 cm³/mol. The third kappa shape index (κ3) is 2.32. The molecule has 5 nitrogen and oxygen atoms in total. The van der Waals surface area contributed by atoms with Crippen LogP contribution in [0.1, 0.15) is 48.3 Å². The molecule has 0 spiro atoms. The van der Waals surface area contributed by atoms with Crippen molar-refractivity contribution in [3.05, 3.63) is 41.2 Å². The molecule has 2 aromatic heterocycles. The van der Waals surface area contributed by atoms with Gasteiger partial charge in [0.15, 0.2) is 5.82 Å². The van der Waals surface area contributed by atoms with Gasteiger partial charge in [0.1, 0.15) is 5.82 Å². The van der Waals surface area contributed by atoms with Crippen molar-refractivity contribution in [2.24, 2.45) is 0 Å². The Morgan fingerprint density at radius 3 is 2.73 bits per heavy atom. The fourth-order valence-corrected chi connectivity index (χ4v) is 2.56. The summed E-state index contributed by atoms with van der Waals surface area (Å²) in [6, 6.07) is 5.78. The largest absolute Gasteiger partial charge is 0.319 e. The van der Waals surface area contributed by atoms with Crippen molar-refractivity contribution in [1.29, 1.82) is 0 Å². The van der Waals surface area contributed by atoms with Gasteiger partial charge in [-0.15, -0.1) is 0 Å². The summed E-state index contributed by atoms with van der Waals surface area (Å²) >= 11 is 0. The number of hydrogen-bond donors (Lipinski definition) is 1. The normalized spacial score (nSPS) is 13.5. The molecule has 0 bridgehead atoms. The van der Waals surface area contributed by atoms with Crippen LogP contribution < -0.4 is 10.2 Å². The molecule has 2 aromatic rings. The maximum Gasteiger partial charge on any atom is 0.259 e. The minimum atomic E-state index is -0.137. The monoisotopic (exact) mass is 296 g/mol. The Hall–Kier alpha value is -2.43. The van der Waals surface area contributed by atoms with E-state index in [9.17, 15) is 4.79 Å². The topological polar surface area (TPSA) is 58.1 Å². The van der Waals surface area contributed by atoms with E-state index in [1.807, 2.05) is 43.3 Å². The maximum absolute atomic E-state index is 12.5. The molecule has 0 fully saturated rings. The van der Waals surface area contributed by atoms with Crippen LogP contribution in [0.4, 0.5) is 17.3 Å². The Labute approximate surface area is 130 Å². The molecule has 1 amide bonds. The molecule has 0 saturated heterocycles. The second-order valence-corrected chi connectivity index (χ2v) is 5.84. The lowest BCUT2D eigenvalue weighted by atomic mass is 10.1. The molecule has 1 aliphatic rings. The Balaban J connectivity index is 2.16. The summed E-state index contributed by atoms with van der Waals surface area (Å²) in [6.07, 6.45) is 2.67. The molecule has 1 N–H and O–H groups in total. The number of aromatic nitrogens is 2. The SMILES string of the molecule is CCc1cnc2c(c1)C(=O)Nc1ccc(C(C)C)nc1N2C. The fourth-order valence-electron chi connectivity index (χ4n) is 2.56. The summed E-state index contributed by atoms with van der Waals surface area (Å²) in [5, 5.41) is 2.94. The number of carbonyl (C=O) groups is 1. The number of pyridine rings is 2. The van der Waals surface area contributed by atoms with Crippen molar-refractivity contribution in [2.75, 3.05) is 17.3 Å². The lowest BCUT2D eigenvalue weighted by molar-refractivity contribution is 0.102. The quantitative estimate of drug-likeness (QED) is 0.921. The van der Waals surface area contributed by atoms with E-state index >= 15 is 0 Å². The van der Waals surface area contributed by atoms with E-state index < -0.39 is 0 Å². The third-order valence-corrected chi connectivity index (χ3v) is 3.95. The molecule has 3 heterocycles. The first-order valence-corrected chi connectivity index (χ1v) is 7.56. The van der Waals surface area contributed by atoms with E-state index in [4.69, 9.17) is 4.98 Å². The van der Waals surface area contributed by atoms with E-state index in [1.165, 1.54) is 0 Å². The minimum Gasteiger partial charge on any atom is -0.319 e. The smallest absolute Gasteiger partial charge is 0.259 e. The summed E-state index contributed by atoms with van der Waals surface area (Å²) in [6.45, 7) is 6.25. The maximum atomic E-state index is 12.5. The summed E-state index contributed by atoms with van der Waals surface area (Å²) in [4.78, 5) is 23.6. The average molecular weight is 296 g/mol. The van der Waals surface area contributed by atoms with Gasteiger partial charge < -0.3 is 10.2 Å². The van der Waals surface area contributed by atoms with Crippen molar-refractivity contribution in [3.8, 4) is 0 Å². The molecule has 0 unspecified atom stereocenters. The molecule has 114 valence electrons. The average Bonchev–Trinajstić information content (AvgIpc) is 2.62. The van der Waals surface area contributed by atoms with Crippen LogP contribution in [-0.2, 0) is 6.42 Å². The molecule has 1 aliphatic heterocycles. The van der Waals surface area contributed by atoms with Crippen molar-refractivity contribution in [3.63, 3.8) is 0 Å². The summed E-state index contributed by atoms with van der Waals surface area (Å²) in [5.41, 5.74) is 3.34. The number of carbonyl (C=O) groups excluding carboxylic acids is 1. The van der Waals surface area contributed by atoms with Gasteiger partial charge in [-0.05, 0) is 36.1 Å². The zero-order valence-corrected chi connectivity index (χ0v) is 13.3. The van der Waals surface area contributed by atoms with Gasteiger partial charge in [-0.1, -0.05) is 20.8 Å². The number of rotatable bonds is 2. The van der Waals surface area contributed by atoms with Crippen LogP contribution >= 0.6 is 0 Å². The Bertz CT molecular complexity index is 739. The van der Waals surface area contributed by atoms with Gasteiger partial charge in [0.25, 0.3) is 5.91 Å². The number of anilines is 3. The van der Waals surface area contributed by atoms with Gasteiger partial charge in [-0.2, -0.15) is 0 Å². The molecule has 0 aromatic carbocycles. The second-order valence-electron chi connectivity index (χ2n) is 5.84. The van der Waals surface area contributed by atoms with Crippen LogP contribution in [0.25, 0.3) is 0 Å². The summed E-state index contributed by atoms with van der Waals surface area (Å²) in [5.74, 6) is 1.56. The van der Waals surface area contributed by atoms with Crippen LogP contribution in [-0.4, -0.2) is 22.9 Å². The molecule has 0 aliphatic carbocycles.